The van der Waals surface area contributed by atoms with Crippen molar-refractivity contribution >= 4 is 11.8 Å². The molecule has 0 aliphatic rings. The van der Waals surface area contributed by atoms with Crippen LogP contribution in [0.15, 0.2) is 24.3 Å². The molecule has 0 aromatic heterocycles. The summed E-state index contributed by atoms with van der Waals surface area (Å²) in [5.41, 5.74) is 2.50. The van der Waals surface area contributed by atoms with Crippen LogP contribution in [0, 0.1) is 5.92 Å². The van der Waals surface area contributed by atoms with Crippen LogP contribution < -0.4 is 21.3 Å². The summed E-state index contributed by atoms with van der Waals surface area (Å²) >= 11 is 0. The molecule has 0 saturated carbocycles. The first kappa shape index (κ1) is 15.0. The third-order valence-electron chi connectivity index (χ3n) is 2.73. The highest BCUT2D eigenvalue weighted by Crippen LogP contribution is 2.12. The minimum Gasteiger partial charge on any atom is -0.497 e. The summed E-state index contributed by atoms with van der Waals surface area (Å²) in [6.45, 7) is 3.66. The van der Waals surface area contributed by atoms with Crippen LogP contribution in [0.5, 0.6) is 5.75 Å². The highest BCUT2D eigenvalue weighted by molar-refractivity contribution is 5.97. The van der Waals surface area contributed by atoms with Gasteiger partial charge in [0.25, 0.3) is 11.8 Å². The van der Waals surface area contributed by atoms with Gasteiger partial charge in [0.1, 0.15) is 11.8 Å². The summed E-state index contributed by atoms with van der Waals surface area (Å²) in [6.07, 6.45) is 0. The van der Waals surface area contributed by atoms with Crippen molar-refractivity contribution in [2.45, 2.75) is 19.9 Å². The lowest BCUT2D eigenvalue weighted by atomic mass is 10.0. The van der Waals surface area contributed by atoms with Crippen LogP contribution >= 0.6 is 0 Å². The molecule has 0 bridgehead atoms. The molecule has 2 amide bonds. The van der Waals surface area contributed by atoms with E-state index in [1.807, 2.05) is 19.3 Å². The number of hydrogen-bond acceptors (Lipinski definition) is 4. The number of benzene rings is 1. The molecule has 0 radical (unpaired) electrons. The molecule has 1 atom stereocenters. The summed E-state index contributed by atoms with van der Waals surface area (Å²) < 4.78 is 5.01. The lowest BCUT2D eigenvalue weighted by Gasteiger charge is -2.20. The molecule has 1 aromatic carbocycles. The Balaban J connectivity index is 2.78. The maximum atomic E-state index is 12.0. The van der Waals surface area contributed by atoms with E-state index in [9.17, 15) is 9.59 Å². The number of nitrogens with one attached hydrogen (secondary N) is 2. The van der Waals surface area contributed by atoms with Crippen molar-refractivity contribution in [2.24, 2.45) is 11.8 Å². The molecule has 0 heterocycles. The van der Waals surface area contributed by atoms with Crippen molar-refractivity contribution in [1.82, 2.24) is 10.7 Å². The van der Waals surface area contributed by atoms with Crippen LogP contribution in [-0.4, -0.2) is 25.0 Å². The zero-order chi connectivity index (χ0) is 14.4. The van der Waals surface area contributed by atoms with Crippen LogP contribution in [0.4, 0.5) is 0 Å². The van der Waals surface area contributed by atoms with Crippen molar-refractivity contribution in [3.63, 3.8) is 0 Å². The Morgan fingerprint density at radius 3 is 2.21 bits per heavy atom. The average Bonchev–Trinajstić information content (AvgIpc) is 2.43. The first-order chi connectivity index (χ1) is 8.99. The molecule has 1 rings (SSSR count). The SMILES string of the molecule is COc1ccc(C(=O)N[C@H](C(=O)NN)C(C)C)cc1. The lowest BCUT2D eigenvalue weighted by molar-refractivity contribution is -0.124. The van der Waals surface area contributed by atoms with Gasteiger partial charge in [-0.1, -0.05) is 13.8 Å². The van der Waals surface area contributed by atoms with Gasteiger partial charge in [-0.2, -0.15) is 0 Å². The largest absolute Gasteiger partial charge is 0.497 e. The van der Waals surface area contributed by atoms with Crippen LogP contribution in [-0.2, 0) is 4.79 Å². The molecule has 4 N–H and O–H groups in total. The molecule has 1 aromatic rings. The Morgan fingerprint density at radius 1 is 1.21 bits per heavy atom. The van der Waals surface area contributed by atoms with Crippen molar-refractivity contribution in [2.75, 3.05) is 7.11 Å². The minimum atomic E-state index is -0.667. The average molecular weight is 265 g/mol. The molecule has 0 saturated heterocycles. The Hall–Kier alpha value is -2.08. The normalized spacial score (nSPS) is 11.8. The second-order valence-electron chi connectivity index (χ2n) is 4.43. The van der Waals surface area contributed by atoms with E-state index in [-0.39, 0.29) is 11.8 Å². The molecule has 0 unspecified atom stereocenters. The van der Waals surface area contributed by atoms with Crippen LogP contribution in [0.2, 0.25) is 0 Å². The predicted molar refractivity (Wildman–Crippen MR) is 71.4 cm³/mol. The standard InChI is InChI=1S/C13H19N3O3/c1-8(2)11(13(18)16-14)15-12(17)9-4-6-10(19-3)7-5-9/h4-8,11H,14H2,1-3H3,(H,15,17)(H,16,18)/t11-/m0/s1. The lowest BCUT2D eigenvalue weighted by Crippen LogP contribution is -2.51. The molecule has 0 aliphatic carbocycles. The summed E-state index contributed by atoms with van der Waals surface area (Å²) in [5, 5.41) is 2.65. The fourth-order valence-corrected chi connectivity index (χ4v) is 1.59. The van der Waals surface area contributed by atoms with Crippen LogP contribution in [0.1, 0.15) is 24.2 Å². The number of amides is 2. The highest BCUT2D eigenvalue weighted by Gasteiger charge is 2.23. The van der Waals surface area contributed by atoms with Gasteiger partial charge in [0.05, 0.1) is 7.11 Å². The minimum absolute atomic E-state index is 0.0641. The molecular weight excluding hydrogens is 246 g/mol. The van der Waals surface area contributed by atoms with Gasteiger partial charge in [-0.05, 0) is 30.2 Å². The first-order valence-electron chi connectivity index (χ1n) is 5.95. The Labute approximate surface area is 112 Å². The Morgan fingerprint density at radius 2 is 1.79 bits per heavy atom. The van der Waals surface area contributed by atoms with E-state index in [1.54, 1.807) is 31.4 Å². The molecule has 19 heavy (non-hydrogen) atoms. The monoisotopic (exact) mass is 265 g/mol. The third-order valence-corrected chi connectivity index (χ3v) is 2.73. The quantitative estimate of drug-likeness (QED) is 0.409. The van der Waals surface area contributed by atoms with E-state index < -0.39 is 11.9 Å². The summed E-state index contributed by atoms with van der Waals surface area (Å²) in [7, 11) is 1.55. The van der Waals surface area contributed by atoms with E-state index in [0.29, 0.717) is 11.3 Å². The number of methoxy groups -OCH3 is 1. The number of hydrazine groups is 1. The van der Waals surface area contributed by atoms with Gasteiger partial charge >= 0.3 is 0 Å². The van der Waals surface area contributed by atoms with Crippen molar-refractivity contribution < 1.29 is 14.3 Å². The smallest absolute Gasteiger partial charge is 0.256 e. The van der Waals surface area contributed by atoms with Crippen molar-refractivity contribution in [3.05, 3.63) is 29.8 Å². The van der Waals surface area contributed by atoms with Gasteiger partial charge in [0.2, 0.25) is 0 Å². The van der Waals surface area contributed by atoms with Crippen molar-refractivity contribution in [1.29, 1.82) is 0 Å². The van der Waals surface area contributed by atoms with Crippen molar-refractivity contribution in [3.8, 4) is 5.75 Å². The molecular formula is C13H19N3O3. The number of carbonyl (C=O) groups is 2. The van der Waals surface area contributed by atoms with Gasteiger partial charge < -0.3 is 10.1 Å². The maximum Gasteiger partial charge on any atom is 0.256 e. The predicted octanol–water partition coefficient (Wildman–Crippen LogP) is 0.440. The number of hydrogen-bond donors (Lipinski definition) is 3. The molecule has 0 spiro atoms. The number of ether oxygens (including phenoxy) is 1. The first-order valence-corrected chi connectivity index (χ1v) is 5.95. The number of carbonyl (C=O) groups excluding carboxylic acids is 2. The van der Waals surface area contributed by atoms with Crippen LogP contribution in [0.3, 0.4) is 0 Å². The molecule has 6 heteroatoms. The zero-order valence-corrected chi connectivity index (χ0v) is 11.3. The van der Waals surface area contributed by atoms with Crippen LogP contribution in [0.25, 0.3) is 0 Å². The van der Waals surface area contributed by atoms with Gasteiger partial charge in [-0.3, -0.25) is 15.0 Å². The Kier molecular flexibility index (Phi) is 5.32. The molecule has 0 aliphatic heterocycles. The zero-order valence-electron chi connectivity index (χ0n) is 11.3. The van der Waals surface area contributed by atoms with E-state index in [4.69, 9.17) is 10.6 Å². The summed E-state index contributed by atoms with van der Waals surface area (Å²) in [5.74, 6) is 4.95. The van der Waals surface area contributed by atoms with Gasteiger partial charge in [-0.25, -0.2) is 5.84 Å². The highest BCUT2D eigenvalue weighted by atomic mass is 16.5. The van der Waals surface area contributed by atoms with Gasteiger partial charge in [0.15, 0.2) is 0 Å². The van der Waals surface area contributed by atoms with E-state index in [1.165, 1.54) is 0 Å². The summed E-state index contributed by atoms with van der Waals surface area (Å²) in [6, 6.07) is 5.96. The topological polar surface area (TPSA) is 93.4 Å². The number of nitrogens with two attached hydrogens (primary N) is 1. The second kappa shape index (κ2) is 6.75. The number of rotatable bonds is 5. The second-order valence-corrected chi connectivity index (χ2v) is 4.43. The fraction of sp³-hybridized carbons (Fsp3) is 0.385. The van der Waals surface area contributed by atoms with E-state index >= 15 is 0 Å². The maximum absolute atomic E-state index is 12.0. The molecule has 104 valence electrons. The summed E-state index contributed by atoms with van der Waals surface area (Å²) in [4.78, 5) is 23.6. The van der Waals surface area contributed by atoms with E-state index in [0.717, 1.165) is 0 Å². The molecule has 6 nitrogen and oxygen atoms in total. The van der Waals surface area contributed by atoms with Gasteiger partial charge in [0, 0.05) is 5.56 Å². The third kappa shape index (κ3) is 3.96. The Bertz CT molecular complexity index is 443. The van der Waals surface area contributed by atoms with Gasteiger partial charge in [-0.15, -0.1) is 0 Å². The van der Waals surface area contributed by atoms with E-state index in [2.05, 4.69) is 5.32 Å². The molecule has 0 fully saturated rings. The fourth-order valence-electron chi connectivity index (χ4n) is 1.59.